The van der Waals surface area contributed by atoms with Gasteiger partial charge in [-0.05, 0) is 61.0 Å². The number of anilines is 2. The summed E-state index contributed by atoms with van der Waals surface area (Å²) in [5.41, 5.74) is 4.54. The zero-order chi connectivity index (χ0) is 23.4. The van der Waals surface area contributed by atoms with Gasteiger partial charge in [0, 0.05) is 28.9 Å². The van der Waals surface area contributed by atoms with Crippen LogP contribution in [0.3, 0.4) is 0 Å². The first kappa shape index (κ1) is 22.7. The Morgan fingerprint density at radius 3 is 2.48 bits per heavy atom. The number of ether oxygens (including phenoxy) is 1. The van der Waals surface area contributed by atoms with Gasteiger partial charge in [0.1, 0.15) is 12.4 Å². The van der Waals surface area contributed by atoms with Crippen LogP contribution in [0.4, 0.5) is 16.2 Å². The van der Waals surface area contributed by atoms with Gasteiger partial charge in [0.2, 0.25) is 5.91 Å². The number of benzene rings is 3. The summed E-state index contributed by atoms with van der Waals surface area (Å²) in [6, 6.07) is 20.6. The number of carbonyl (C=O) groups excluding carboxylic acids is 2. The van der Waals surface area contributed by atoms with Crippen LogP contribution in [0.2, 0.25) is 5.02 Å². The molecule has 7 heteroatoms. The first-order valence-corrected chi connectivity index (χ1v) is 11.2. The van der Waals surface area contributed by atoms with Crippen LogP contribution in [-0.4, -0.2) is 30.0 Å². The minimum atomic E-state index is -0.204. The molecular formula is C26H26ClN3O3. The molecule has 0 spiro atoms. The molecule has 1 aliphatic rings. The maximum absolute atomic E-state index is 12.9. The van der Waals surface area contributed by atoms with E-state index in [-0.39, 0.29) is 11.9 Å². The average Bonchev–Trinajstić information content (AvgIpc) is 3.02. The zero-order valence-electron chi connectivity index (χ0n) is 18.7. The molecule has 33 heavy (non-hydrogen) atoms. The van der Waals surface area contributed by atoms with E-state index in [0.717, 1.165) is 28.1 Å². The molecule has 6 nitrogen and oxygen atoms in total. The van der Waals surface area contributed by atoms with Crippen molar-refractivity contribution < 1.29 is 14.3 Å². The first-order valence-electron chi connectivity index (χ1n) is 10.8. The molecule has 3 aromatic rings. The Kier molecular flexibility index (Phi) is 6.84. The van der Waals surface area contributed by atoms with Crippen molar-refractivity contribution in [3.63, 3.8) is 0 Å². The molecular weight excluding hydrogens is 438 g/mol. The van der Waals surface area contributed by atoms with Crippen molar-refractivity contribution in [2.24, 2.45) is 0 Å². The van der Waals surface area contributed by atoms with Crippen molar-refractivity contribution in [1.29, 1.82) is 0 Å². The summed E-state index contributed by atoms with van der Waals surface area (Å²) in [5.74, 6) is 0.722. The third-order valence-electron chi connectivity index (χ3n) is 5.55. The van der Waals surface area contributed by atoms with Crippen molar-refractivity contribution >= 4 is 34.9 Å². The van der Waals surface area contributed by atoms with Crippen LogP contribution in [0.15, 0.2) is 66.7 Å². The van der Waals surface area contributed by atoms with Crippen LogP contribution in [0.25, 0.3) is 0 Å². The molecule has 0 aromatic heterocycles. The monoisotopic (exact) mass is 463 g/mol. The smallest absolute Gasteiger partial charge is 0.322 e. The molecule has 0 unspecified atom stereocenters. The minimum absolute atomic E-state index is 0.0333. The van der Waals surface area contributed by atoms with Crippen molar-refractivity contribution in [3.05, 3.63) is 88.4 Å². The number of rotatable bonds is 4. The van der Waals surface area contributed by atoms with E-state index in [1.54, 1.807) is 41.0 Å². The minimum Gasteiger partial charge on any atom is -0.491 e. The predicted molar refractivity (Wildman–Crippen MR) is 131 cm³/mol. The number of fused-ring (bicyclic) bond motifs is 1. The van der Waals surface area contributed by atoms with Crippen LogP contribution in [-0.2, 0) is 17.9 Å². The maximum Gasteiger partial charge on any atom is 0.322 e. The number of halogens is 1. The molecule has 1 heterocycles. The Morgan fingerprint density at radius 1 is 1.06 bits per heavy atom. The summed E-state index contributed by atoms with van der Waals surface area (Å²) in [7, 11) is 0. The molecule has 170 valence electrons. The average molecular weight is 464 g/mol. The van der Waals surface area contributed by atoms with Crippen molar-refractivity contribution in [2.75, 3.05) is 23.4 Å². The van der Waals surface area contributed by atoms with Crippen molar-refractivity contribution in [3.8, 4) is 5.75 Å². The van der Waals surface area contributed by atoms with Crippen LogP contribution in [0, 0.1) is 6.92 Å². The van der Waals surface area contributed by atoms with Gasteiger partial charge in [0.25, 0.3) is 0 Å². The van der Waals surface area contributed by atoms with E-state index < -0.39 is 0 Å². The molecule has 0 bridgehead atoms. The largest absolute Gasteiger partial charge is 0.491 e. The number of hydrogen-bond donors (Lipinski definition) is 1. The molecule has 0 aliphatic carbocycles. The Hall–Kier alpha value is -3.51. The lowest BCUT2D eigenvalue weighted by Gasteiger charge is -2.23. The fraction of sp³-hybridized carbons (Fsp3) is 0.231. The van der Waals surface area contributed by atoms with E-state index in [2.05, 4.69) is 5.32 Å². The van der Waals surface area contributed by atoms with Crippen LogP contribution in [0.1, 0.15) is 23.6 Å². The van der Waals surface area contributed by atoms with Gasteiger partial charge in [0.15, 0.2) is 0 Å². The lowest BCUT2D eigenvalue weighted by molar-refractivity contribution is -0.116. The Bertz CT molecular complexity index is 1150. The first-order chi connectivity index (χ1) is 15.9. The molecule has 3 aromatic carbocycles. The van der Waals surface area contributed by atoms with E-state index >= 15 is 0 Å². The number of aryl methyl sites for hydroxylation is 1. The normalized spacial score (nSPS) is 12.9. The molecule has 0 atom stereocenters. The summed E-state index contributed by atoms with van der Waals surface area (Å²) in [6.45, 7) is 5.30. The zero-order valence-corrected chi connectivity index (χ0v) is 19.4. The fourth-order valence-corrected chi connectivity index (χ4v) is 3.87. The summed E-state index contributed by atoms with van der Waals surface area (Å²) in [5, 5.41) is 3.52. The van der Waals surface area contributed by atoms with Crippen molar-refractivity contribution in [1.82, 2.24) is 4.90 Å². The highest BCUT2D eigenvalue weighted by molar-refractivity contribution is 6.30. The lowest BCUT2D eigenvalue weighted by atomic mass is 10.1. The second kappa shape index (κ2) is 9.96. The number of amides is 3. The van der Waals surface area contributed by atoms with Gasteiger partial charge in [-0.3, -0.25) is 4.79 Å². The van der Waals surface area contributed by atoms with Crippen LogP contribution < -0.4 is 15.0 Å². The number of carbonyl (C=O) groups is 2. The van der Waals surface area contributed by atoms with Crippen LogP contribution in [0.5, 0.6) is 5.75 Å². The Morgan fingerprint density at radius 2 is 1.79 bits per heavy atom. The number of urea groups is 1. The standard InChI is InChI=1S/C26H26ClN3O3/c1-18-3-10-24(11-4-18)30(19(2)31)16-20-5-12-25-21(15-20)17-29(13-14-33-25)26(32)28-23-8-6-22(27)7-9-23/h3-12,15H,13-14,16-17H2,1-2H3,(H,28,32). The molecule has 4 rings (SSSR count). The molecule has 1 N–H and O–H groups in total. The van der Waals surface area contributed by atoms with E-state index in [0.29, 0.717) is 37.0 Å². The topological polar surface area (TPSA) is 61.9 Å². The van der Waals surface area contributed by atoms with Gasteiger partial charge in [-0.15, -0.1) is 0 Å². The Balaban J connectivity index is 1.51. The molecule has 3 amide bonds. The quantitative estimate of drug-likeness (QED) is 0.545. The summed E-state index contributed by atoms with van der Waals surface area (Å²) in [6.07, 6.45) is 0. The fourth-order valence-electron chi connectivity index (χ4n) is 3.75. The Labute approximate surface area is 198 Å². The summed E-state index contributed by atoms with van der Waals surface area (Å²) in [4.78, 5) is 28.7. The molecule has 0 saturated heterocycles. The van der Waals surface area contributed by atoms with Crippen molar-refractivity contribution in [2.45, 2.75) is 26.9 Å². The maximum atomic E-state index is 12.9. The van der Waals surface area contributed by atoms with E-state index in [4.69, 9.17) is 16.3 Å². The third kappa shape index (κ3) is 5.65. The van der Waals surface area contributed by atoms with E-state index in [9.17, 15) is 9.59 Å². The summed E-state index contributed by atoms with van der Waals surface area (Å²) >= 11 is 5.93. The molecule has 0 radical (unpaired) electrons. The van der Waals surface area contributed by atoms with Crippen LogP contribution >= 0.6 is 11.6 Å². The number of nitrogens with one attached hydrogen (secondary N) is 1. The highest BCUT2D eigenvalue weighted by atomic mass is 35.5. The van der Waals surface area contributed by atoms with Gasteiger partial charge in [-0.25, -0.2) is 4.79 Å². The van der Waals surface area contributed by atoms with E-state index in [1.807, 2.05) is 49.4 Å². The SMILES string of the molecule is CC(=O)N(Cc1ccc2c(c1)CN(C(=O)Nc1ccc(Cl)cc1)CCO2)c1ccc(C)cc1. The number of nitrogens with zero attached hydrogens (tertiary/aromatic N) is 2. The highest BCUT2D eigenvalue weighted by Gasteiger charge is 2.21. The second-order valence-corrected chi connectivity index (χ2v) is 8.53. The van der Waals surface area contributed by atoms with Gasteiger partial charge in [-0.1, -0.05) is 35.4 Å². The highest BCUT2D eigenvalue weighted by Crippen LogP contribution is 2.27. The predicted octanol–water partition coefficient (Wildman–Crippen LogP) is 5.63. The van der Waals surface area contributed by atoms with Gasteiger partial charge in [-0.2, -0.15) is 0 Å². The number of hydrogen-bond acceptors (Lipinski definition) is 3. The summed E-state index contributed by atoms with van der Waals surface area (Å²) < 4.78 is 5.88. The molecule has 1 aliphatic heterocycles. The molecule has 0 fully saturated rings. The molecule has 0 saturated carbocycles. The van der Waals surface area contributed by atoms with Gasteiger partial charge in [0.05, 0.1) is 19.6 Å². The third-order valence-corrected chi connectivity index (χ3v) is 5.81. The lowest BCUT2D eigenvalue weighted by Crippen LogP contribution is -2.36. The van der Waals surface area contributed by atoms with E-state index in [1.165, 1.54) is 0 Å². The second-order valence-electron chi connectivity index (χ2n) is 8.09. The van der Waals surface area contributed by atoms with Gasteiger partial charge < -0.3 is 19.9 Å². The van der Waals surface area contributed by atoms with Gasteiger partial charge >= 0.3 is 6.03 Å².